The molecule has 3 aromatic rings. The minimum Gasteiger partial charge on any atom is -0.456 e. The summed E-state index contributed by atoms with van der Waals surface area (Å²) in [6.45, 7) is 5.47. The molecule has 0 radical (unpaired) electrons. The van der Waals surface area contributed by atoms with Crippen LogP contribution in [0, 0.1) is 11.3 Å². The molecule has 2 aromatic carbocycles. The van der Waals surface area contributed by atoms with Gasteiger partial charge in [-0.05, 0) is 69.5 Å². The molecule has 6 nitrogen and oxygen atoms in total. The van der Waals surface area contributed by atoms with Crippen molar-refractivity contribution in [3.05, 3.63) is 95.2 Å². The number of pyridine rings is 1. The molecule has 1 heterocycles. The number of carbonyl (C=O) groups is 2. The van der Waals surface area contributed by atoms with Gasteiger partial charge in [0.05, 0.1) is 22.5 Å². The molecule has 0 bridgehead atoms. The van der Waals surface area contributed by atoms with E-state index in [0.717, 1.165) is 36.8 Å². The summed E-state index contributed by atoms with van der Waals surface area (Å²) < 4.78 is 5.48. The number of amides is 1. The highest BCUT2D eigenvalue weighted by Crippen LogP contribution is 2.39. The van der Waals surface area contributed by atoms with E-state index in [1.807, 2.05) is 75.4 Å². The maximum absolute atomic E-state index is 13.2. The van der Waals surface area contributed by atoms with Crippen LogP contribution < -0.4 is 5.32 Å². The number of esters is 1. The quantitative estimate of drug-likeness (QED) is 0.251. The van der Waals surface area contributed by atoms with Gasteiger partial charge in [0.15, 0.2) is 0 Å². The highest BCUT2D eigenvalue weighted by molar-refractivity contribution is 6.02. The van der Waals surface area contributed by atoms with Gasteiger partial charge in [0, 0.05) is 5.56 Å². The van der Waals surface area contributed by atoms with Gasteiger partial charge < -0.3 is 10.1 Å². The van der Waals surface area contributed by atoms with Crippen LogP contribution in [0.4, 0.5) is 0 Å². The van der Waals surface area contributed by atoms with Crippen LogP contribution in [0.3, 0.4) is 0 Å². The maximum atomic E-state index is 13.2. The third kappa shape index (κ3) is 6.31. The fourth-order valence-electron chi connectivity index (χ4n) is 4.64. The zero-order valence-electron chi connectivity index (χ0n) is 21.5. The third-order valence-corrected chi connectivity index (χ3v) is 6.36. The van der Waals surface area contributed by atoms with E-state index in [1.54, 1.807) is 24.3 Å². The third-order valence-electron chi connectivity index (χ3n) is 6.36. The van der Waals surface area contributed by atoms with Crippen LogP contribution in [-0.2, 0) is 15.1 Å². The van der Waals surface area contributed by atoms with E-state index in [-0.39, 0.29) is 5.57 Å². The average Bonchev–Trinajstić information content (AvgIpc) is 3.36. The van der Waals surface area contributed by atoms with Gasteiger partial charge in [-0.25, -0.2) is 9.78 Å². The summed E-state index contributed by atoms with van der Waals surface area (Å²) in [4.78, 5) is 30.4. The number of nitriles is 1. The van der Waals surface area contributed by atoms with Crippen LogP contribution in [0.15, 0.2) is 78.4 Å². The van der Waals surface area contributed by atoms with Gasteiger partial charge in [-0.15, -0.1) is 0 Å². The number of nitrogens with zero attached hydrogens (tertiary/aromatic N) is 2. The highest BCUT2D eigenvalue weighted by Gasteiger charge is 2.37. The number of rotatable bonds is 6. The molecule has 1 aliphatic rings. The summed E-state index contributed by atoms with van der Waals surface area (Å²) >= 11 is 0. The molecular formula is C31H31N3O3. The second-order valence-corrected chi connectivity index (χ2v) is 10.3. The summed E-state index contributed by atoms with van der Waals surface area (Å²) in [5.74, 6) is -0.819. The summed E-state index contributed by atoms with van der Waals surface area (Å²) in [6.07, 6.45) is 5.22. The summed E-state index contributed by atoms with van der Waals surface area (Å²) in [6, 6.07) is 24.4. The molecule has 188 valence electrons. The van der Waals surface area contributed by atoms with Gasteiger partial charge >= 0.3 is 5.97 Å². The van der Waals surface area contributed by atoms with Crippen LogP contribution in [0.2, 0.25) is 0 Å². The lowest BCUT2D eigenvalue weighted by molar-refractivity contribution is -0.119. The van der Waals surface area contributed by atoms with Crippen molar-refractivity contribution in [3.63, 3.8) is 0 Å². The second kappa shape index (κ2) is 10.8. The van der Waals surface area contributed by atoms with Crippen LogP contribution in [0.5, 0.6) is 0 Å². The van der Waals surface area contributed by atoms with Crippen LogP contribution in [0.25, 0.3) is 17.3 Å². The van der Waals surface area contributed by atoms with Crippen molar-refractivity contribution in [2.24, 2.45) is 0 Å². The molecule has 0 aliphatic heterocycles. The molecule has 1 saturated carbocycles. The number of ether oxygens (including phenoxy) is 1. The first kappa shape index (κ1) is 25.8. The van der Waals surface area contributed by atoms with Crippen molar-refractivity contribution < 1.29 is 14.3 Å². The fraction of sp³-hybridized carbons (Fsp3) is 0.290. The van der Waals surface area contributed by atoms with Crippen LogP contribution >= 0.6 is 0 Å². The normalized spacial score (nSPS) is 15.0. The first-order valence-corrected chi connectivity index (χ1v) is 12.5. The highest BCUT2D eigenvalue weighted by atomic mass is 16.6. The lowest BCUT2D eigenvalue weighted by atomic mass is 9.88. The summed E-state index contributed by atoms with van der Waals surface area (Å²) in [7, 11) is 0. The first-order valence-electron chi connectivity index (χ1n) is 12.5. The maximum Gasteiger partial charge on any atom is 0.338 e. The molecule has 1 aromatic heterocycles. The second-order valence-electron chi connectivity index (χ2n) is 10.3. The Morgan fingerprint density at radius 3 is 2.38 bits per heavy atom. The molecule has 1 aliphatic carbocycles. The first-order chi connectivity index (χ1) is 17.7. The Balaban J connectivity index is 1.58. The Morgan fingerprint density at radius 2 is 1.70 bits per heavy atom. The van der Waals surface area contributed by atoms with Crippen molar-refractivity contribution in [2.75, 3.05) is 0 Å². The Labute approximate surface area is 218 Å². The molecule has 4 rings (SSSR count). The molecule has 1 N–H and O–H groups in total. The molecular weight excluding hydrogens is 462 g/mol. The summed E-state index contributed by atoms with van der Waals surface area (Å²) in [5, 5.41) is 13.0. The van der Waals surface area contributed by atoms with Gasteiger partial charge in [0.2, 0.25) is 0 Å². The van der Waals surface area contributed by atoms with E-state index in [1.165, 1.54) is 6.08 Å². The zero-order chi connectivity index (χ0) is 26.5. The number of benzene rings is 2. The van der Waals surface area contributed by atoms with Gasteiger partial charge in [-0.3, -0.25) is 4.79 Å². The minimum absolute atomic E-state index is 0.00522. The Bertz CT molecular complexity index is 1360. The predicted molar refractivity (Wildman–Crippen MR) is 143 cm³/mol. The fourth-order valence-corrected chi connectivity index (χ4v) is 4.64. The Morgan fingerprint density at radius 1 is 1.00 bits per heavy atom. The van der Waals surface area contributed by atoms with Crippen LogP contribution in [0.1, 0.15) is 68.1 Å². The van der Waals surface area contributed by atoms with E-state index >= 15 is 0 Å². The van der Waals surface area contributed by atoms with E-state index in [0.29, 0.717) is 17.0 Å². The van der Waals surface area contributed by atoms with Gasteiger partial charge in [0.25, 0.3) is 5.91 Å². The lowest BCUT2D eigenvalue weighted by Gasteiger charge is -2.31. The van der Waals surface area contributed by atoms with E-state index in [4.69, 9.17) is 4.74 Å². The molecule has 1 amide bonds. The number of hydrogen-bond donors (Lipinski definition) is 1. The molecule has 0 unspecified atom stereocenters. The minimum atomic E-state index is -0.595. The van der Waals surface area contributed by atoms with E-state index in [2.05, 4.69) is 10.3 Å². The van der Waals surface area contributed by atoms with Crippen molar-refractivity contribution in [1.29, 1.82) is 5.26 Å². The summed E-state index contributed by atoms with van der Waals surface area (Å²) in [5.41, 5.74) is 2.25. The standard InChI is InChI=1S/C31H31N3O3/c1-30(2,3)37-29(36)23-12-9-11-22(19-23)27-16-10-15-26(33-27)20-24(21-32)28(35)34-31(17-7-8-18-31)25-13-5-4-6-14-25/h4-6,9-16,19-20H,7-8,17-18H2,1-3H3,(H,34,35). The molecule has 0 spiro atoms. The van der Waals surface area contributed by atoms with Crippen LogP contribution in [-0.4, -0.2) is 22.5 Å². The molecule has 0 atom stereocenters. The molecule has 6 heteroatoms. The van der Waals surface area contributed by atoms with Gasteiger partial charge in [-0.2, -0.15) is 5.26 Å². The Kier molecular flexibility index (Phi) is 7.54. The number of nitrogens with one attached hydrogen (secondary N) is 1. The van der Waals surface area contributed by atoms with Crippen molar-refractivity contribution in [2.45, 2.75) is 57.6 Å². The van der Waals surface area contributed by atoms with Crippen molar-refractivity contribution in [3.8, 4) is 17.3 Å². The smallest absolute Gasteiger partial charge is 0.338 e. The topological polar surface area (TPSA) is 92.1 Å². The van der Waals surface area contributed by atoms with Crippen molar-refractivity contribution in [1.82, 2.24) is 10.3 Å². The molecule has 0 saturated heterocycles. The van der Waals surface area contributed by atoms with Gasteiger partial charge in [-0.1, -0.05) is 61.4 Å². The zero-order valence-corrected chi connectivity index (χ0v) is 21.5. The lowest BCUT2D eigenvalue weighted by Crippen LogP contribution is -2.44. The van der Waals surface area contributed by atoms with E-state index in [9.17, 15) is 14.9 Å². The SMILES string of the molecule is CC(C)(C)OC(=O)c1cccc(-c2cccc(C=C(C#N)C(=O)NC3(c4ccccc4)CCCC3)n2)c1. The Hall–Kier alpha value is -4.24. The monoisotopic (exact) mass is 493 g/mol. The number of carbonyl (C=O) groups excluding carboxylic acids is 2. The predicted octanol–water partition coefficient (Wildman–Crippen LogP) is 6.20. The molecule has 1 fully saturated rings. The molecule has 37 heavy (non-hydrogen) atoms. The van der Waals surface area contributed by atoms with Crippen molar-refractivity contribution >= 4 is 18.0 Å². The van der Waals surface area contributed by atoms with E-state index < -0.39 is 23.0 Å². The van der Waals surface area contributed by atoms with Gasteiger partial charge in [0.1, 0.15) is 17.2 Å². The number of hydrogen-bond acceptors (Lipinski definition) is 5. The average molecular weight is 494 g/mol. The number of aromatic nitrogens is 1. The largest absolute Gasteiger partial charge is 0.456 e.